The van der Waals surface area contributed by atoms with E-state index in [1.54, 1.807) is 63.3 Å². The van der Waals surface area contributed by atoms with Crippen molar-refractivity contribution in [3.8, 4) is 0 Å². The average Bonchev–Trinajstić information content (AvgIpc) is 2.98. The molecule has 48 heavy (non-hydrogen) atoms. The first-order valence-corrected chi connectivity index (χ1v) is 16.2. The molecule has 2 fully saturated rings. The number of allylic oxidation sites excluding steroid dienone is 6. The highest BCUT2D eigenvalue weighted by molar-refractivity contribution is 5.81. The molecule has 270 valence electrons. The number of hydrogen-bond donors (Lipinski definition) is 7. The molecule has 0 aromatic heterocycles. The molecule has 14 nitrogen and oxygen atoms in total. The summed E-state index contributed by atoms with van der Waals surface area (Å²) >= 11 is 0. The van der Waals surface area contributed by atoms with Crippen molar-refractivity contribution in [3.63, 3.8) is 0 Å². The van der Waals surface area contributed by atoms with Gasteiger partial charge in [-0.05, 0) is 20.8 Å². The van der Waals surface area contributed by atoms with Gasteiger partial charge in [0.15, 0.2) is 12.1 Å². The van der Waals surface area contributed by atoms with Crippen LogP contribution in [-0.2, 0) is 33.3 Å². The second-order valence-electron chi connectivity index (χ2n) is 12.8. The summed E-state index contributed by atoms with van der Waals surface area (Å²) in [5, 5.41) is 64.0. The quantitative estimate of drug-likeness (QED) is 0.206. The summed E-state index contributed by atoms with van der Waals surface area (Å²) < 4.78 is 28.6. The average molecular weight is 682 g/mol. The largest absolute Gasteiger partial charge is 0.498 e. The maximum atomic E-state index is 12.3. The van der Waals surface area contributed by atoms with Crippen LogP contribution in [0.3, 0.4) is 0 Å². The smallest absolute Gasteiger partial charge is 0.334 e. The van der Waals surface area contributed by atoms with Gasteiger partial charge >= 0.3 is 11.9 Å². The lowest BCUT2D eigenvalue weighted by Crippen LogP contribution is -2.61. The maximum absolute atomic E-state index is 12.3. The highest BCUT2D eigenvalue weighted by Gasteiger charge is 2.50. The number of carboxylic acids is 1. The molecule has 3 heterocycles. The van der Waals surface area contributed by atoms with Crippen LogP contribution in [0.25, 0.3) is 0 Å². The molecular weight excluding hydrogens is 630 g/mol. The van der Waals surface area contributed by atoms with Gasteiger partial charge in [-0.3, -0.25) is 4.79 Å². The standard InChI is InChI=1S/C34H51NO13/c1-19-11-9-7-5-6-8-10-12-24(47-33-31(40)29(35)30(39)22(4)46-33)16-26-28(32(41)42)25(37)18-34(43,48-26)17-23(36)15-20(2)44-14-13-27(38)45-21(19)3/h5-14,19-26,28-31,33,36-37,39-40,43H,15-18,35H2,1-4H3,(H,41,42)/b7-5+,8-6+,11-9+,12-10+,14-13+/t19-,20?,21?,22+,23?,24?,25-,26-,28?,29-,30?,31-,33?,34?/m0/s1. The summed E-state index contributed by atoms with van der Waals surface area (Å²) in [5.41, 5.74) is 5.98. The van der Waals surface area contributed by atoms with E-state index in [0.29, 0.717) is 0 Å². The summed E-state index contributed by atoms with van der Waals surface area (Å²) in [6.45, 7) is 6.88. The van der Waals surface area contributed by atoms with Crippen molar-refractivity contribution in [3.05, 3.63) is 60.9 Å². The summed E-state index contributed by atoms with van der Waals surface area (Å²) in [6, 6.07) is -1.08. The van der Waals surface area contributed by atoms with Crippen LogP contribution in [0.15, 0.2) is 60.9 Å². The van der Waals surface area contributed by atoms with Crippen LogP contribution in [0, 0.1) is 11.8 Å². The molecule has 0 aliphatic carbocycles. The minimum absolute atomic E-state index is 0.00192. The van der Waals surface area contributed by atoms with Crippen molar-refractivity contribution in [2.24, 2.45) is 17.6 Å². The molecule has 0 saturated carbocycles. The molecule has 0 aromatic rings. The van der Waals surface area contributed by atoms with E-state index in [2.05, 4.69) is 0 Å². The van der Waals surface area contributed by atoms with Crippen molar-refractivity contribution in [1.82, 2.24) is 0 Å². The zero-order chi connectivity index (χ0) is 35.6. The third kappa shape index (κ3) is 11.6. The number of carbonyl (C=O) groups excluding carboxylic acids is 1. The first kappa shape index (κ1) is 39.5. The molecular formula is C34H51NO13. The van der Waals surface area contributed by atoms with Gasteiger partial charge in [0.2, 0.25) is 0 Å². The van der Waals surface area contributed by atoms with Crippen LogP contribution in [0.5, 0.6) is 0 Å². The second-order valence-corrected chi connectivity index (χ2v) is 12.8. The minimum Gasteiger partial charge on any atom is -0.498 e. The molecule has 14 atom stereocenters. The lowest BCUT2D eigenvalue weighted by molar-refractivity contribution is -0.308. The molecule has 3 aliphatic heterocycles. The fraction of sp³-hybridized carbons (Fsp3) is 0.647. The van der Waals surface area contributed by atoms with E-state index in [1.807, 2.05) is 13.0 Å². The number of nitrogens with two attached hydrogens (primary N) is 1. The van der Waals surface area contributed by atoms with Crippen molar-refractivity contribution < 1.29 is 63.9 Å². The Morgan fingerprint density at radius 2 is 1.56 bits per heavy atom. The third-order valence-corrected chi connectivity index (χ3v) is 8.68. The van der Waals surface area contributed by atoms with E-state index in [-0.39, 0.29) is 25.2 Å². The number of carboxylic acid groups (broad SMARTS) is 1. The van der Waals surface area contributed by atoms with Gasteiger partial charge in [0.25, 0.3) is 0 Å². The van der Waals surface area contributed by atoms with Crippen molar-refractivity contribution >= 4 is 11.9 Å². The van der Waals surface area contributed by atoms with Crippen LogP contribution >= 0.6 is 0 Å². The Labute approximate surface area is 280 Å². The van der Waals surface area contributed by atoms with Crippen molar-refractivity contribution in [2.75, 3.05) is 0 Å². The number of rotatable bonds is 3. The van der Waals surface area contributed by atoms with E-state index >= 15 is 0 Å². The molecule has 0 aromatic carbocycles. The van der Waals surface area contributed by atoms with Crippen LogP contribution < -0.4 is 5.73 Å². The fourth-order valence-electron chi connectivity index (χ4n) is 5.81. The van der Waals surface area contributed by atoms with E-state index in [4.69, 9.17) is 29.4 Å². The topological polar surface area (TPSA) is 228 Å². The minimum atomic E-state index is -2.12. The number of cyclic esters (lactones) is 1. The number of carbonyl (C=O) groups is 2. The number of aliphatic hydroxyl groups is 5. The molecule has 8 unspecified atom stereocenters. The first-order chi connectivity index (χ1) is 22.6. The number of fused-ring (bicyclic) bond motifs is 2. The Hall–Kier alpha value is -2.92. The van der Waals surface area contributed by atoms with Gasteiger partial charge in [-0.15, -0.1) is 0 Å². The Kier molecular flexibility index (Phi) is 15.0. The predicted octanol–water partition coefficient (Wildman–Crippen LogP) is 0.961. The molecule has 8 N–H and O–H groups in total. The number of hydrogen-bond acceptors (Lipinski definition) is 13. The summed E-state index contributed by atoms with van der Waals surface area (Å²) in [6.07, 6.45) is 4.25. The van der Waals surface area contributed by atoms with Crippen molar-refractivity contribution in [1.29, 1.82) is 0 Å². The zero-order valence-electron chi connectivity index (χ0n) is 27.7. The molecule has 14 heteroatoms. The highest BCUT2D eigenvalue weighted by Crippen LogP contribution is 2.38. The van der Waals surface area contributed by atoms with Gasteiger partial charge in [-0.25, -0.2) is 4.79 Å². The fourth-order valence-corrected chi connectivity index (χ4v) is 5.81. The molecule has 2 saturated heterocycles. The monoisotopic (exact) mass is 681 g/mol. The van der Waals surface area contributed by atoms with Gasteiger partial charge in [0, 0.05) is 31.6 Å². The Balaban J connectivity index is 1.92. The second kappa shape index (κ2) is 18.2. The van der Waals surface area contributed by atoms with Gasteiger partial charge < -0.3 is 60.1 Å². The summed E-state index contributed by atoms with van der Waals surface area (Å²) in [5.74, 6) is -5.65. The number of aliphatic carboxylic acids is 1. The molecule has 0 radical (unpaired) electrons. The lowest BCUT2D eigenvalue weighted by Gasteiger charge is -2.45. The zero-order valence-corrected chi connectivity index (χ0v) is 27.7. The number of ether oxygens (including phenoxy) is 5. The molecule has 3 aliphatic rings. The molecule has 2 bridgehead atoms. The van der Waals surface area contributed by atoms with Crippen LogP contribution in [-0.4, -0.2) is 116 Å². The van der Waals surface area contributed by atoms with E-state index in [9.17, 15) is 40.2 Å². The maximum Gasteiger partial charge on any atom is 0.334 e. The van der Waals surface area contributed by atoms with Gasteiger partial charge in [-0.1, -0.05) is 55.5 Å². The van der Waals surface area contributed by atoms with E-state index in [0.717, 1.165) is 6.08 Å². The van der Waals surface area contributed by atoms with Crippen molar-refractivity contribution in [2.45, 2.75) is 126 Å². The Morgan fingerprint density at radius 3 is 2.23 bits per heavy atom. The van der Waals surface area contributed by atoms with Crippen LogP contribution in [0.4, 0.5) is 0 Å². The van der Waals surface area contributed by atoms with Gasteiger partial charge in [-0.2, -0.15) is 0 Å². The van der Waals surface area contributed by atoms with Crippen LogP contribution in [0.2, 0.25) is 0 Å². The Bertz CT molecular complexity index is 1200. The van der Waals surface area contributed by atoms with Gasteiger partial charge in [0.05, 0.1) is 61.1 Å². The number of aliphatic hydroxyl groups excluding tert-OH is 4. The summed E-state index contributed by atoms with van der Waals surface area (Å²) in [4.78, 5) is 24.5. The summed E-state index contributed by atoms with van der Waals surface area (Å²) in [7, 11) is 0. The van der Waals surface area contributed by atoms with Gasteiger partial charge in [0.1, 0.15) is 18.1 Å². The van der Waals surface area contributed by atoms with E-state index in [1.165, 1.54) is 6.26 Å². The predicted molar refractivity (Wildman–Crippen MR) is 172 cm³/mol. The molecule has 0 spiro atoms. The highest BCUT2D eigenvalue weighted by atomic mass is 16.7. The normalized spacial score (nSPS) is 45.7. The van der Waals surface area contributed by atoms with Crippen LogP contribution in [0.1, 0.15) is 53.4 Å². The number of esters is 1. The molecule has 0 amide bonds. The van der Waals surface area contributed by atoms with E-state index < -0.39 is 97.3 Å². The SMILES string of the molecule is CC1CC(O)CC2(O)C[C@H](O)C(C(=O)O)[C@H](CC(OC3O[C@H](C)C(O)[C@H](N)[C@@H]3O)/C=C/C=C/C=C/C=C/[C@H](C)C(C)OC(=O)/C=C/O1)O2. The lowest BCUT2D eigenvalue weighted by atomic mass is 9.83. The Morgan fingerprint density at radius 1 is 0.917 bits per heavy atom. The third-order valence-electron chi connectivity index (χ3n) is 8.68. The molecule has 3 rings (SSSR count). The first-order valence-electron chi connectivity index (χ1n) is 16.2.